The first-order valence-corrected chi connectivity index (χ1v) is 13.0. The first-order valence-electron chi connectivity index (χ1n) is 13.0. The SMILES string of the molecule is CCCCCCOc1ccc(-c2nn(-c3ccccc3)cc2C=C(C#N)C(=O)Nc2ccc(C)cc2)cc1. The minimum atomic E-state index is -0.471. The number of nitrogens with zero attached hydrogens (tertiary/aromatic N) is 3. The lowest BCUT2D eigenvalue weighted by atomic mass is 10.1. The van der Waals surface area contributed by atoms with Crippen LogP contribution in [0.1, 0.15) is 43.7 Å². The molecule has 6 nitrogen and oxygen atoms in total. The van der Waals surface area contributed by atoms with Crippen LogP contribution in [0.4, 0.5) is 5.69 Å². The summed E-state index contributed by atoms with van der Waals surface area (Å²) in [4.78, 5) is 12.9. The summed E-state index contributed by atoms with van der Waals surface area (Å²) in [6.07, 6.45) is 8.04. The van der Waals surface area contributed by atoms with Crippen molar-refractivity contribution in [3.63, 3.8) is 0 Å². The van der Waals surface area contributed by atoms with Gasteiger partial charge < -0.3 is 10.1 Å². The molecule has 0 spiro atoms. The Kier molecular flexibility index (Phi) is 9.09. The lowest BCUT2D eigenvalue weighted by molar-refractivity contribution is -0.112. The summed E-state index contributed by atoms with van der Waals surface area (Å²) in [6, 6.07) is 27.0. The minimum absolute atomic E-state index is 0.00790. The molecule has 1 aromatic heterocycles. The maximum atomic E-state index is 12.9. The zero-order valence-electron chi connectivity index (χ0n) is 21.9. The molecule has 38 heavy (non-hydrogen) atoms. The third-order valence-electron chi connectivity index (χ3n) is 6.13. The van der Waals surface area contributed by atoms with Crippen molar-refractivity contribution in [1.29, 1.82) is 5.26 Å². The number of carbonyl (C=O) groups is 1. The number of hydrogen-bond donors (Lipinski definition) is 1. The molecule has 0 aliphatic carbocycles. The van der Waals surface area contributed by atoms with Crippen LogP contribution in [0.2, 0.25) is 0 Å². The topological polar surface area (TPSA) is 79.9 Å². The quantitative estimate of drug-likeness (QED) is 0.132. The molecule has 0 aliphatic rings. The van der Waals surface area contributed by atoms with Gasteiger partial charge in [-0.05, 0) is 68.0 Å². The molecular weight excluding hydrogens is 472 g/mol. The standard InChI is InChI=1S/C32H32N4O2/c1-3-4-5-9-20-38-30-18-14-25(15-19-30)31-27(23-36(35-31)29-10-7-6-8-11-29)21-26(22-33)32(37)34-28-16-12-24(2)13-17-28/h6-8,10-19,21,23H,3-5,9,20H2,1-2H3,(H,34,37). The largest absolute Gasteiger partial charge is 0.494 e. The van der Waals surface area contributed by atoms with Crippen LogP contribution in [0.3, 0.4) is 0 Å². The number of anilines is 1. The van der Waals surface area contributed by atoms with Crippen LogP contribution in [0.15, 0.2) is 90.6 Å². The van der Waals surface area contributed by atoms with Crippen LogP contribution < -0.4 is 10.1 Å². The third-order valence-corrected chi connectivity index (χ3v) is 6.13. The number of hydrogen-bond acceptors (Lipinski definition) is 4. The van der Waals surface area contributed by atoms with E-state index in [-0.39, 0.29) is 5.57 Å². The maximum Gasteiger partial charge on any atom is 0.266 e. The maximum absolute atomic E-state index is 12.9. The van der Waals surface area contributed by atoms with Crippen LogP contribution in [0.5, 0.6) is 5.75 Å². The molecule has 1 amide bonds. The first-order chi connectivity index (χ1) is 18.6. The average molecular weight is 505 g/mol. The monoisotopic (exact) mass is 504 g/mol. The van der Waals surface area contributed by atoms with E-state index in [1.807, 2.05) is 98.1 Å². The van der Waals surface area contributed by atoms with Crippen LogP contribution in [0.25, 0.3) is 23.0 Å². The van der Waals surface area contributed by atoms with Crippen molar-refractivity contribution in [3.8, 4) is 28.8 Å². The summed E-state index contributed by atoms with van der Waals surface area (Å²) in [5.74, 6) is 0.335. The van der Waals surface area contributed by atoms with Gasteiger partial charge in [-0.25, -0.2) is 4.68 Å². The Labute approximate surface area is 224 Å². The molecule has 6 heteroatoms. The van der Waals surface area contributed by atoms with Crippen molar-refractivity contribution in [1.82, 2.24) is 9.78 Å². The van der Waals surface area contributed by atoms with E-state index >= 15 is 0 Å². The van der Waals surface area contributed by atoms with E-state index in [0.29, 0.717) is 23.6 Å². The van der Waals surface area contributed by atoms with Gasteiger partial charge in [0, 0.05) is 23.0 Å². The summed E-state index contributed by atoms with van der Waals surface area (Å²) in [6.45, 7) is 4.86. The first kappa shape index (κ1) is 26.4. The van der Waals surface area contributed by atoms with Gasteiger partial charge in [-0.3, -0.25) is 4.79 Å². The van der Waals surface area contributed by atoms with Gasteiger partial charge in [0.15, 0.2) is 0 Å². The summed E-state index contributed by atoms with van der Waals surface area (Å²) in [5, 5.41) is 17.4. The van der Waals surface area contributed by atoms with Crippen LogP contribution >= 0.6 is 0 Å². The van der Waals surface area contributed by atoms with E-state index in [1.54, 1.807) is 10.8 Å². The lowest BCUT2D eigenvalue weighted by Gasteiger charge is -2.07. The Morgan fingerprint density at radius 3 is 2.42 bits per heavy atom. The molecule has 1 N–H and O–H groups in total. The molecule has 0 atom stereocenters. The lowest BCUT2D eigenvalue weighted by Crippen LogP contribution is -2.13. The van der Waals surface area contributed by atoms with Gasteiger partial charge in [0.1, 0.15) is 17.4 Å². The van der Waals surface area contributed by atoms with Crippen molar-refractivity contribution in [3.05, 3.63) is 102 Å². The summed E-state index contributed by atoms with van der Waals surface area (Å²) < 4.78 is 7.65. The fourth-order valence-electron chi connectivity index (χ4n) is 4.00. The van der Waals surface area contributed by atoms with Gasteiger partial charge in [-0.15, -0.1) is 0 Å². The highest BCUT2D eigenvalue weighted by Crippen LogP contribution is 2.28. The van der Waals surface area contributed by atoms with Crippen molar-refractivity contribution in [2.75, 3.05) is 11.9 Å². The van der Waals surface area contributed by atoms with E-state index in [4.69, 9.17) is 9.84 Å². The van der Waals surface area contributed by atoms with Crippen molar-refractivity contribution >= 4 is 17.7 Å². The Bertz CT molecular complexity index is 1410. The molecule has 0 radical (unpaired) electrons. The minimum Gasteiger partial charge on any atom is -0.494 e. The number of nitriles is 1. The summed E-state index contributed by atoms with van der Waals surface area (Å²) in [7, 11) is 0. The number of benzene rings is 3. The molecule has 0 saturated carbocycles. The smallest absolute Gasteiger partial charge is 0.266 e. The summed E-state index contributed by atoms with van der Waals surface area (Å²) in [5.41, 5.74) is 4.78. The van der Waals surface area contributed by atoms with Crippen LogP contribution in [0, 0.1) is 18.3 Å². The molecule has 0 aliphatic heterocycles. The molecule has 4 aromatic rings. The Balaban J connectivity index is 1.61. The number of ether oxygens (including phenoxy) is 1. The van der Waals surface area contributed by atoms with Gasteiger partial charge in [0.25, 0.3) is 5.91 Å². The highest BCUT2D eigenvalue weighted by atomic mass is 16.5. The second-order valence-electron chi connectivity index (χ2n) is 9.14. The number of unbranched alkanes of at least 4 members (excludes halogenated alkanes) is 3. The Morgan fingerprint density at radius 2 is 1.74 bits per heavy atom. The van der Waals surface area contributed by atoms with E-state index in [1.165, 1.54) is 19.3 Å². The number of aryl methyl sites for hydroxylation is 1. The molecule has 4 rings (SSSR count). The normalized spacial score (nSPS) is 11.1. The predicted octanol–water partition coefficient (Wildman–Crippen LogP) is 7.35. The van der Waals surface area contributed by atoms with Crippen molar-refractivity contribution < 1.29 is 9.53 Å². The predicted molar refractivity (Wildman–Crippen MR) is 152 cm³/mol. The Hall–Kier alpha value is -4.63. The molecule has 192 valence electrons. The number of nitrogens with one attached hydrogen (secondary N) is 1. The van der Waals surface area contributed by atoms with Crippen LogP contribution in [-0.4, -0.2) is 22.3 Å². The Morgan fingerprint density at radius 1 is 1.00 bits per heavy atom. The van der Waals surface area contributed by atoms with Gasteiger partial charge in [-0.2, -0.15) is 10.4 Å². The number of para-hydroxylation sites is 1. The zero-order valence-corrected chi connectivity index (χ0v) is 21.9. The van der Waals surface area contributed by atoms with E-state index in [0.717, 1.165) is 29.0 Å². The van der Waals surface area contributed by atoms with Crippen molar-refractivity contribution in [2.45, 2.75) is 39.5 Å². The summed E-state index contributed by atoms with van der Waals surface area (Å²) >= 11 is 0. The molecular formula is C32H32N4O2. The second kappa shape index (κ2) is 13.1. The van der Waals surface area contributed by atoms with E-state index < -0.39 is 5.91 Å². The van der Waals surface area contributed by atoms with Crippen molar-refractivity contribution in [2.24, 2.45) is 0 Å². The number of carbonyl (C=O) groups excluding carboxylic acids is 1. The average Bonchev–Trinajstić information content (AvgIpc) is 3.37. The van der Waals surface area contributed by atoms with E-state index in [9.17, 15) is 10.1 Å². The third kappa shape index (κ3) is 6.98. The number of rotatable bonds is 11. The van der Waals surface area contributed by atoms with Gasteiger partial charge >= 0.3 is 0 Å². The fourth-order valence-corrected chi connectivity index (χ4v) is 4.00. The van der Waals surface area contributed by atoms with E-state index in [2.05, 4.69) is 12.2 Å². The number of amides is 1. The zero-order chi connectivity index (χ0) is 26.7. The highest BCUT2D eigenvalue weighted by molar-refractivity contribution is 6.10. The van der Waals surface area contributed by atoms with Gasteiger partial charge in [0.05, 0.1) is 18.0 Å². The second-order valence-corrected chi connectivity index (χ2v) is 9.14. The number of aromatic nitrogens is 2. The fraction of sp³-hybridized carbons (Fsp3) is 0.219. The highest BCUT2D eigenvalue weighted by Gasteiger charge is 2.16. The van der Waals surface area contributed by atoms with Gasteiger partial charge in [0.2, 0.25) is 0 Å². The van der Waals surface area contributed by atoms with Crippen LogP contribution in [-0.2, 0) is 4.79 Å². The molecule has 0 fully saturated rings. The van der Waals surface area contributed by atoms with Gasteiger partial charge in [-0.1, -0.05) is 62.1 Å². The molecule has 0 bridgehead atoms. The molecule has 0 unspecified atom stereocenters. The molecule has 0 saturated heterocycles. The molecule has 3 aromatic carbocycles. The molecule has 1 heterocycles.